The molecule has 0 bridgehead atoms. The Morgan fingerprint density at radius 2 is 1.64 bits per heavy atom. The van der Waals surface area contributed by atoms with Crippen LogP contribution in [0, 0.1) is 5.92 Å². The largest absolute Gasteiger partial charge is 0.493 e. The third kappa shape index (κ3) is 5.63. The summed E-state index contributed by atoms with van der Waals surface area (Å²) in [5.74, 6) is 1.00. The molecule has 1 amide bonds. The van der Waals surface area contributed by atoms with Gasteiger partial charge in [-0.2, -0.15) is 0 Å². The summed E-state index contributed by atoms with van der Waals surface area (Å²) >= 11 is 0. The third-order valence-electron chi connectivity index (χ3n) is 6.83. The summed E-state index contributed by atoms with van der Waals surface area (Å²) in [6.45, 7) is 4.32. The third-order valence-corrected chi connectivity index (χ3v) is 6.83. The maximum atomic E-state index is 14.1. The summed E-state index contributed by atoms with van der Waals surface area (Å²) in [6, 6.07) is 3.21. The maximum absolute atomic E-state index is 14.1. The van der Waals surface area contributed by atoms with Crippen LogP contribution in [0.5, 0.6) is 17.2 Å². The molecule has 182 valence electrons. The minimum absolute atomic E-state index is 0.0172. The molecule has 1 aromatic carbocycles. The number of amides is 1. The topological polar surface area (TPSA) is 74.3 Å². The summed E-state index contributed by atoms with van der Waals surface area (Å²) in [7, 11) is 4.72. The molecular weight excluding hydrogens is 422 g/mol. The second kappa shape index (κ2) is 12.0. The maximum Gasteiger partial charge on any atom is 0.329 e. The van der Waals surface area contributed by atoms with E-state index in [4.69, 9.17) is 18.9 Å². The van der Waals surface area contributed by atoms with Crippen molar-refractivity contribution < 1.29 is 28.5 Å². The van der Waals surface area contributed by atoms with E-state index >= 15 is 0 Å². The molecule has 1 aromatic rings. The Hall–Kier alpha value is -2.70. The van der Waals surface area contributed by atoms with E-state index in [1.54, 1.807) is 32.3 Å². The lowest BCUT2D eigenvalue weighted by molar-refractivity contribution is -0.157. The number of likely N-dealkylation sites (tertiary alicyclic amines) is 1. The van der Waals surface area contributed by atoms with E-state index < -0.39 is 6.04 Å². The van der Waals surface area contributed by atoms with Crippen molar-refractivity contribution in [2.75, 3.05) is 34.5 Å². The van der Waals surface area contributed by atoms with Crippen molar-refractivity contribution in [1.29, 1.82) is 0 Å². The van der Waals surface area contributed by atoms with Crippen molar-refractivity contribution in [2.24, 2.45) is 5.92 Å². The minimum Gasteiger partial charge on any atom is -0.493 e. The number of ether oxygens (including phenoxy) is 4. The quantitative estimate of drug-likeness (QED) is 0.400. The first-order chi connectivity index (χ1) is 16.0. The Labute approximate surface area is 197 Å². The minimum atomic E-state index is -0.556. The van der Waals surface area contributed by atoms with E-state index in [0.29, 0.717) is 30.2 Å². The highest BCUT2D eigenvalue weighted by Gasteiger charge is 2.40. The molecule has 0 aromatic heterocycles. The Morgan fingerprint density at radius 3 is 2.21 bits per heavy atom. The number of rotatable bonds is 9. The number of esters is 1. The Balaban J connectivity index is 2.01. The van der Waals surface area contributed by atoms with Gasteiger partial charge in [-0.1, -0.05) is 31.9 Å². The van der Waals surface area contributed by atoms with Crippen LogP contribution in [-0.4, -0.2) is 57.3 Å². The molecule has 1 aliphatic carbocycles. The summed E-state index contributed by atoms with van der Waals surface area (Å²) < 4.78 is 22.0. The molecule has 7 heteroatoms. The van der Waals surface area contributed by atoms with Crippen molar-refractivity contribution in [2.45, 2.75) is 63.3 Å². The molecule has 7 nitrogen and oxygen atoms in total. The molecule has 2 aliphatic rings. The highest BCUT2D eigenvalue weighted by Crippen LogP contribution is 2.45. The summed E-state index contributed by atoms with van der Waals surface area (Å²) in [6.07, 6.45) is 9.29. The summed E-state index contributed by atoms with van der Waals surface area (Å²) in [4.78, 5) is 28.6. The molecule has 3 rings (SSSR count). The lowest BCUT2D eigenvalue weighted by Crippen LogP contribution is -2.51. The highest BCUT2D eigenvalue weighted by molar-refractivity contribution is 5.89. The van der Waals surface area contributed by atoms with Crippen LogP contribution in [0.4, 0.5) is 0 Å². The smallest absolute Gasteiger partial charge is 0.329 e. The van der Waals surface area contributed by atoms with E-state index in [1.807, 2.05) is 12.1 Å². The van der Waals surface area contributed by atoms with Crippen molar-refractivity contribution in [1.82, 2.24) is 4.90 Å². The Kier molecular flexibility index (Phi) is 9.03. The molecule has 0 radical (unpaired) electrons. The molecule has 2 fully saturated rings. The number of methoxy groups -OCH3 is 3. The summed E-state index contributed by atoms with van der Waals surface area (Å²) in [5.41, 5.74) is 0.838. The predicted molar refractivity (Wildman–Crippen MR) is 126 cm³/mol. The predicted octanol–water partition coefficient (Wildman–Crippen LogP) is 4.49. The number of carbonyl (C=O) groups excluding carboxylic acids is 2. The zero-order valence-corrected chi connectivity index (χ0v) is 20.1. The first kappa shape index (κ1) is 24.9. The fourth-order valence-electron chi connectivity index (χ4n) is 5.22. The van der Waals surface area contributed by atoms with Gasteiger partial charge in [0.15, 0.2) is 11.5 Å². The molecule has 1 heterocycles. The van der Waals surface area contributed by atoms with E-state index in [1.165, 1.54) is 6.42 Å². The number of hydrogen-bond donors (Lipinski definition) is 0. The van der Waals surface area contributed by atoms with Crippen molar-refractivity contribution in [3.63, 3.8) is 0 Å². The number of hydrogen-bond acceptors (Lipinski definition) is 6. The first-order valence-corrected chi connectivity index (χ1v) is 11.9. The molecule has 0 unspecified atom stereocenters. The lowest BCUT2D eigenvalue weighted by Gasteiger charge is -2.39. The monoisotopic (exact) mass is 459 g/mol. The Morgan fingerprint density at radius 1 is 1.00 bits per heavy atom. The van der Waals surface area contributed by atoms with Crippen LogP contribution in [0.25, 0.3) is 0 Å². The molecule has 1 aliphatic heterocycles. The second-order valence-corrected chi connectivity index (χ2v) is 8.80. The van der Waals surface area contributed by atoms with Crippen molar-refractivity contribution in [3.05, 3.63) is 30.4 Å². The number of carbonyl (C=O) groups is 2. The van der Waals surface area contributed by atoms with Gasteiger partial charge < -0.3 is 23.8 Å². The van der Waals surface area contributed by atoms with Crippen LogP contribution < -0.4 is 14.2 Å². The van der Waals surface area contributed by atoms with Gasteiger partial charge in [-0.3, -0.25) is 4.79 Å². The van der Waals surface area contributed by atoms with E-state index in [0.717, 1.165) is 44.1 Å². The fourth-order valence-corrected chi connectivity index (χ4v) is 5.22. The highest BCUT2D eigenvalue weighted by atomic mass is 16.5. The lowest BCUT2D eigenvalue weighted by atomic mass is 9.75. The normalized spacial score (nSPS) is 20.0. The van der Waals surface area contributed by atoms with Crippen LogP contribution in [-0.2, 0) is 14.3 Å². The molecular formula is C26H37NO6. The molecule has 1 saturated heterocycles. The van der Waals surface area contributed by atoms with Gasteiger partial charge in [0.05, 0.1) is 27.2 Å². The van der Waals surface area contributed by atoms with Crippen LogP contribution in [0.3, 0.4) is 0 Å². The SMILES string of the molecule is C=CCOC(=O)[C@@H]1CCCCN1C(=O)[C@H](c1cc(OC)c(OC)c(OC)c1)C1CCCCC1. The average molecular weight is 460 g/mol. The van der Waals surface area contributed by atoms with Gasteiger partial charge in [-0.15, -0.1) is 0 Å². The van der Waals surface area contributed by atoms with Crippen LogP contribution in [0.2, 0.25) is 0 Å². The van der Waals surface area contributed by atoms with Gasteiger partial charge >= 0.3 is 5.97 Å². The van der Waals surface area contributed by atoms with Gasteiger partial charge in [-0.25, -0.2) is 4.79 Å². The fraction of sp³-hybridized carbons (Fsp3) is 0.615. The Bertz CT molecular complexity index is 807. The van der Waals surface area contributed by atoms with Crippen LogP contribution in [0.15, 0.2) is 24.8 Å². The standard InChI is InChI=1S/C26H37NO6/c1-5-15-33-26(29)20-13-9-10-14-27(20)25(28)23(18-11-7-6-8-12-18)19-16-21(30-2)24(32-4)22(17-19)31-3/h5,16-18,20,23H,1,6-15H2,2-4H3/t20-,23-/m0/s1. The van der Waals surface area contributed by atoms with Gasteiger partial charge in [0.1, 0.15) is 12.6 Å². The van der Waals surface area contributed by atoms with Gasteiger partial charge in [0.2, 0.25) is 11.7 Å². The number of nitrogens with zero attached hydrogens (tertiary/aromatic N) is 1. The molecule has 0 spiro atoms. The summed E-state index contributed by atoms with van der Waals surface area (Å²) in [5, 5.41) is 0. The number of benzene rings is 1. The van der Waals surface area contributed by atoms with Gasteiger partial charge in [0, 0.05) is 6.54 Å². The first-order valence-electron chi connectivity index (χ1n) is 11.9. The molecule has 0 N–H and O–H groups in total. The molecule has 2 atom stereocenters. The van der Waals surface area contributed by atoms with E-state index in [9.17, 15) is 9.59 Å². The van der Waals surface area contributed by atoms with Crippen LogP contribution >= 0.6 is 0 Å². The van der Waals surface area contributed by atoms with Crippen LogP contribution in [0.1, 0.15) is 62.8 Å². The average Bonchev–Trinajstić information content (AvgIpc) is 2.87. The molecule has 1 saturated carbocycles. The second-order valence-electron chi connectivity index (χ2n) is 8.80. The van der Waals surface area contributed by atoms with E-state index in [2.05, 4.69) is 6.58 Å². The van der Waals surface area contributed by atoms with E-state index in [-0.39, 0.29) is 30.3 Å². The zero-order valence-electron chi connectivity index (χ0n) is 20.1. The number of piperidine rings is 1. The van der Waals surface area contributed by atoms with Gasteiger partial charge in [0.25, 0.3) is 0 Å². The van der Waals surface area contributed by atoms with Crippen molar-refractivity contribution >= 4 is 11.9 Å². The van der Waals surface area contributed by atoms with Crippen molar-refractivity contribution in [3.8, 4) is 17.2 Å². The van der Waals surface area contributed by atoms with Gasteiger partial charge in [-0.05, 0) is 55.7 Å². The zero-order chi connectivity index (χ0) is 23.8. The molecule has 33 heavy (non-hydrogen) atoms.